The number of anilines is 1. The molecule has 116 valence electrons. The number of rotatable bonds is 3. The molecule has 0 saturated heterocycles. The van der Waals surface area contributed by atoms with Crippen LogP contribution in [0.1, 0.15) is 61.8 Å². The van der Waals surface area contributed by atoms with E-state index in [4.69, 9.17) is 5.73 Å². The minimum atomic E-state index is -0.472. The molecule has 1 aliphatic rings. The topological polar surface area (TPSA) is 92.3 Å². The Kier molecular flexibility index (Phi) is 4.77. The zero-order valence-corrected chi connectivity index (χ0v) is 12.9. The van der Waals surface area contributed by atoms with Gasteiger partial charge in [0.05, 0.1) is 24.0 Å². The quantitative estimate of drug-likeness (QED) is 0.882. The van der Waals surface area contributed by atoms with Crippen molar-refractivity contribution in [1.29, 1.82) is 0 Å². The second-order valence-corrected chi connectivity index (χ2v) is 6.02. The van der Waals surface area contributed by atoms with Gasteiger partial charge in [-0.1, -0.05) is 26.7 Å². The van der Waals surface area contributed by atoms with Gasteiger partial charge in [0.25, 0.3) is 5.91 Å². The number of nitrogen functional groups attached to an aromatic ring is 1. The molecule has 1 amide bonds. The van der Waals surface area contributed by atoms with Gasteiger partial charge in [-0.05, 0) is 12.8 Å². The van der Waals surface area contributed by atoms with Crippen LogP contribution in [0, 0.1) is 0 Å². The SMILES string of the molecule is CC(C)c1ncc(N)c(C(=O)N(C)C2CCCCC2O)n1. The number of carbonyl (C=O) groups excluding carboxylic acids is 1. The number of nitrogens with two attached hydrogens (primary N) is 1. The van der Waals surface area contributed by atoms with Crippen LogP contribution in [0.2, 0.25) is 0 Å². The van der Waals surface area contributed by atoms with Crippen LogP contribution in [0.15, 0.2) is 6.20 Å². The number of aromatic nitrogens is 2. The van der Waals surface area contributed by atoms with Crippen LogP contribution < -0.4 is 5.73 Å². The first kappa shape index (κ1) is 15.7. The highest BCUT2D eigenvalue weighted by Crippen LogP contribution is 2.24. The van der Waals surface area contributed by atoms with E-state index >= 15 is 0 Å². The molecule has 1 heterocycles. The Labute approximate surface area is 125 Å². The normalized spacial score (nSPS) is 22.3. The van der Waals surface area contributed by atoms with Gasteiger partial charge >= 0.3 is 0 Å². The fraction of sp³-hybridized carbons (Fsp3) is 0.667. The van der Waals surface area contributed by atoms with Gasteiger partial charge in [-0.3, -0.25) is 4.79 Å². The van der Waals surface area contributed by atoms with Crippen molar-refractivity contribution in [2.24, 2.45) is 0 Å². The molecule has 6 heteroatoms. The number of hydrogen-bond donors (Lipinski definition) is 2. The van der Waals surface area contributed by atoms with Crippen molar-refractivity contribution in [2.45, 2.75) is 57.6 Å². The zero-order valence-electron chi connectivity index (χ0n) is 12.9. The highest BCUT2D eigenvalue weighted by molar-refractivity contribution is 5.97. The lowest BCUT2D eigenvalue weighted by atomic mass is 9.91. The summed E-state index contributed by atoms with van der Waals surface area (Å²) in [4.78, 5) is 22.7. The lowest BCUT2D eigenvalue weighted by molar-refractivity contribution is 0.0265. The molecular weight excluding hydrogens is 268 g/mol. The van der Waals surface area contributed by atoms with E-state index in [0.717, 1.165) is 25.7 Å². The maximum absolute atomic E-state index is 12.6. The Balaban J connectivity index is 2.24. The van der Waals surface area contributed by atoms with E-state index < -0.39 is 6.10 Å². The Morgan fingerprint density at radius 3 is 2.71 bits per heavy atom. The van der Waals surface area contributed by atoms with E-state index in [-0.39, 0.29) is 29.2 Å². The zero-order chi connectivity index (χ0) is 15.6. The van der Waals surface area contributed by atoms with Crippen molar-refractivity contribution in [2.75, 3.05) is 12.8 Å². The van der Waals surface area contributed by atoms with Crippen molar-refractivity contribution in [3.63, 3.8) is 0 Å². The summed E-state index contributed by atoms with van der Waals surface area (Å²) in [6, 6.07) is -0.164. The largest absolute Gasteiger partial charge is 0.396 e. The van der Waals surface area contributed by atoms with Gasteiger partial charge in [0.15, 0.2) is 5.69 Å². The molecule has 0 radical (unpaired) electrons. The Bertz CT molecular complexity index is 518. The van der Waals surface area contributed by atoms with Crippen LogP contribution in [0.3, 0.4) is 0 Å². The van der Waals surface area contributed by atoms with Crippen molar-refractivity contribution >= 4 is 11.6 Å². The number of hydrogen-bond acceptors (Lipinski definition) is 5. The maximum Gasteiger partial charge on any atom is 0.274 e. The lowest BCUT2D eigenvalue weighted by Crippen LogP contribution is -2.46. The van der Waals surface area contributed by atoms with Gasteiger partial charge in [0.1, 0.15) is 5.82 Å². The van der Waals surface area contributed by atoms with Crippen molar-refractivity contribution in [1.82, 2.24) is 14.9 Å². The second kappa shape index (κ2) is 6.39. The molecule has 0 aliphatic heterocycles. The minimum absolute atomic E-state index is 0.128. The first-order valence-corrected chi connectivity index (χ1v) is 7.49. The van der Waals surface area contributed by atoms with Crippen molar-refractivity contribution < 1.29 is 9.90 Å². The number of aliphatic hydroxyl groups excluding tert-OH is 1. The number of aliphatic hydroxyl groups is 1. The monoisotopic (exact) mass is 292 g/mol. The van der Waals surface area contributed by atoms with Crippen LogP contribution in [0.5, 0.6) is 0 Å². The highest BCUT2D eigenvalue weighted by atomic mass is 16.3. The summed E-state index contributed by atoms with van der Waals surface area (Å²) in [7, 11) is 1.71. The average Bonchev–Trinajstić information content (AvgIpc) is 2.46. The summed E-state index contributed by atoms with van der Waals surface area (Å²) in [5, 5.41) is 10.1. The van der Waals surface area contributed by atoms with E-state index in [1.165, 1.54) is 6.20 Å². The van der Waals surface area contributed by atoms with Crippen LogP contribution in [-0.4, -0.2) is 45.1 Å². The Morgan fingerprint density at radius 2 is 2.10 bits per heavy atom. The van der Waals surface area contributed by atoms with Gasteiger partial charge in [-0.2, -0.15) is 0 Å². The molecule has 1 fully saturated rings. The van der Waals surface area contributed by atoms with Gasteiger partial charge in [-0.25, -0.2) is 9.97 Å². The molecule has 1 saturated carbocycles. The van der Waals surface area contributed by atoms with Crippen LogP contribution in [-0.2, 0) is 0 Å². The predicted octanol–water partition coefficient (Wildman–Crippen LogP) is 1.56. The minimum Gasteiger partial charge on any atom is -0.396 e. The summed E-state index contributed by atoms with van der Waals surface area (Å²) in [6.07, 6.45) is 4.59. The molecule has 0 aromatic carbocycles. The highest BCUT2D eigenvalue weighted by Gasteiger charge is 2.31. The summed E-state index contributed by atoms with van der Waals surface area (Å²) >= 11 is 0. The molecule has 1 aromatic heterocycles. The average molecular weight is 292 g/mol. The molecule has 1 aliphatic carbocycles. The summed E-state index contributed by atoms with van der Waals surface area (Å²) in [5.41, 5.74) is 6.37. The molecule has 6 nitrogen and oxygen atoms in total. The Hall–Kier alpha value is -1.69. The fourth-order valence-corrected chi connectivity index (χ4v) is 2.72. The fourth-order valence-electron chi connectivity index (χ4n) is 2.72. The van der Waals surface area contributed by atoms with E-state index in [0.29, 0.717) is 5.82 Å². The van der Waals surface area contributed by atoms with E-state index in [1.807, 2.05) is 13.8 Å². The number of likely N-dealkylation sites (N-methyl/N-ethyl adjacent to an activating group) is 1. The van der Waals surface area contributed by atoms with Gasteiger partial charge in [0.2, 0.25) is 0 Å². The van der Waals surface area contributed by atoms with Gasteiger partial charge in [0, 0.05) is 13.0 Å². The molecule has 0 spiro atoms. The molecule has 1 aromatic rings. The molecule has 0 bridgehead atoms. The van der Waals surface area contributed by atoms with Crippen molar-refractivity contribution in [3.05, 3.63) is 17.7 Å². The third-order valence-corrected chi connectivity index (χ3v) is 4.07. The van der Waals surface area contributed by atoms with E-state index in [9.17, 15) is 9.90 Å². The smallest absolute Gasteiger partial charge is 0.274 e. The van der Waals surface area contributed by atoms with Crippen LogP contribution in [0.4, 0.5) is 5.69 Å². The van der Waals surface area contributed by atoms with E-state index in [1.54, 1.807) is 11.9 Å². The molecule has 3 N–H and O–H groups in total. The first-order chi connectivity index (χ1) is 9.91. The third kappa shape index (κ3) is 3.32. The first-order valence-electron chi connectivity index (χ1n) is 7.49. The number of amides is 1. The van der Waals surface area contributed by atoms with Crippen LogP contribution >= 0.6 is 0 Å². The maximum atomic E-state index is 12.6. The van der Waals surface area contributed by atoms with Gasteiger partial charge < -0.3 is 15.7 Å². The lowest BCUT2D eigenvalue weighted by Gasteiger charge is -2.35. The molecule has 2 unspecified atom stereocenters. The summed E-state index contributed by atoms with van der Waals surface area (Å²) < 4.78 is 0. The molecular formula is C15H24N4O2. The van der Waals surface area contributed by atoms with E-state index in [2.05, 4.69) is 9.97 Å². The van der Waals surface area contributed by atoms with Crippen molar-refractivity contribution in [3.8, 4) is 0 Å². The standard InChI is InChI=1S/C15H24N4O2/c1-9(2)14-17-8-10(16)13(18-14)15(21)19(3)11-6-4-5-7-12(11)20/h8-9,11-12,20H,4-7,16H2,1-3H3. The Morgan fingerprint density at radius 1 is 1.43 bits per heavy atom. The molecule has 21 heavy (non-hydrogen) atoms. The van der Waals surface area contributed by atoms with Crippen LogP contribution in [0.25, 0.3) is 0 Å². The summed E-state index contributed by atoms with van der Waals surface area (Å²) in [6.45, 7) is 3.93. The number of nitrogens with zero attached hydrogens (tertiary/aromatic N) is 3. The molecule has 2 rings (SSSR count). The number of carbonyl (C=O) groups is 1. The van der Waals surface area contributed by atoms with Gasteiger partial charge in [-0.15, -0.1) is 0 Å². The summed E-state index contributed by atoms with van der Waals surface area (Å²) in [5.74, 6) is 0.482. The second-order valence-electron chi connectivity index (χ2n) is 6.02. The molecule has 2 atom stereocenters. The predicted molar refractivity (Wildman–Crippen MR) is 80.9 cm³/mol. The third-order valence-electron chi connectivity index (χ3n) is 4.07.